The number of anilines is 1. The Morgan fingerprint density at radius 2 is 2.11 bits per heavy atom. The lowest BCUT2D eigenvalue weighted by Crippen LogP contribution is -2.24. The number of benzene rings is 1. The lowest BCUT2D eigenvalue weighted by Gasteiger charge is -2.18. The van der Waals surface area contributed by atoms with E-state index in [9.17, 15) is 18.3 Å². The maximum Gasteiger partial charge on any atom is 0.228 e. The zero-order chi connectivity index (χ0) is 13.5. The molecule has 1 atom stereocenters. The summed E-state index contributed by atoms with van der Waals surface area (Å²) in [4.78, 5) is 13.2. The van der Waals surface area contributed by atoms with Gasteiger partial charge in [0.25, 0.3) is 0 Å². The molecule has 1 aromatic rings. The molecule has 5 nitrogen and oxygen atoms in total. The van der Waals surface area contributed by atoms with Crippen LogP contribution in [0.4, 0.5) is 5.69 Å². The van der Waals surface area contributed by atoms with E-state index in [4.69, 9.17) is 0 Å². The highest BCUT2D eigenvalue weighted by Gasteiger charge is 2.30. The lowest BCUT2D eigenvalue weighted by molar-refractivity contribution is -0.117. The molecule has 98 valence electrons. The van der Waals surface area contributed by atoms with E-state index in [0.717, 1.165) is 6.26 Å². The maximum atomic E-state index is 11.7. The number of carbonyl (C=O) groups is 1. The molecule has 0 spiro atoms. The zero-order valence-corrected chi connectivity index (χ0v) is 12.0. The standard InChI is InChI=1S/C11H12BrNO4S/c1-18(16,17)8-2-3-10(14)9(5-8)13-6-7(12)4-11(13)15/h2-3,5,7,14H,4,6H2,1H3. The van der Waals surface area contributed by atoms with Gasteiger partial charge in [0.15, 0.2) is 9.84 Å². The Balaban J connectivity index is 2.48. The van der Waals surface area contributed by atoms with Crippen molar-refractivity contribution in [2.75, 3.05) is 17.7 Å². The van der Waals surface area contributed by atoms with Crippen LogP contribution in [-0.4, -0.2) is 37.1 Å². The van der Waals surface area contributed by atoms with Crippen LogP contribution in [-0.2, 0) is 14.6 Å². The summed E-state index contributed by atoms with van der Waals surface area (Å²) in [6, 6.07) is 3.94. The van der Waals surface area contributed by atoms with Gasteiger partial charge < -0.3 is 10.0 Å². The summed E-state index contributed by atoms with van der Waals surface area (Å²) in [6.45, 7) is 0.416. The average molecular weight is 334 g/mol. The van der Waals surface area contributed by atoms with E-state index in [0.29, 0.717) is 13.0 Å². The molecule has 7 heteroatoms. The van der Waals surface area contributed by atoms with Gasteiger partial charge in [-0.15, -0.1) is 0 Å². The number of nitrogens with zero attached hydrogens (tertiary/aromatic N) is 1. The molecule has 1 heterocycles. The number of alkyl halides is 1. The van der Waals surface area contributed by atoms with Crippen LogP contribution in [0.25, 0.3) is 0 Å². The molecular formula is C11H12BrNO4S. The minimum atomic E-state index is -3.36. The van der Waals surface area contributed by atoms with Crippen molar-refractivity contribution in [3.05, 3.63) is 18.2 Å². The number of aromatic hydroxyl groups is 1. The molecule has 2 rings (SSSR count). The fourth-order valence-electron chi connectivity index (χ4n) is 1.85. The number of halogens is 1. The number of carbonyl (C=O) groups excluding carboxylic acids is 1. The normalized spacial score (nSPS) is 20.4. The predicted octanol–water partition coefficient (Wildman–Crippen LogP) is 1.30. The topological polar surface area (TPSA) is 74.7 Å². The molecule has 0 aliphatic carbocycles. The molecule has 0 saturated carbocycles. The fraction of sp³-hybridized carbons (Fsp3) is 0.364. The van der Waals surface area contributed by atoms with Gasteiger partial charge in [0.05, 0.1) is 10.6 Å². The van der Waals surface area contributed by atoms with Crippen molar-refractivity contribution in [1.82, 2.24) is 0 Å². The van der Waals surface area contributed by atoms with Gasteiger partial charge in [-0.2, -0.15) is 0 Å². The molecule has 1 aliphatic heterocycles. The van der Waals surface area contributed by atoms with Crippen molar-refractivity contribution in [1.29, 1.82) is 0 Å². The van der Waals surface area contributed by atoms with Gasteiger partial charge in [0.1, 0.15) is 5.75 Å². The highest BCUT2D eigenvalue weighted by Crippen LogP contribution is 2.34. The highest BCUT2D eigenvalue weighted by molar-refractivity contribution is 9.09. The van der Waals surface area contributed by atoms with Crippen LogP contribution in [0.2, 0.25) is 0 Å². The molecular weight excluding hydrogens is 322 g/mol. The predicted molar refractivity (Wildman–Crippen MR) is 70.9 cm³/mol. The second-order valence-electron chi connectivity index (χ2n) is 4.23. The molecule has 0 bridgehead atoms. The lowest BCUT2D eigenvalue weighted by atomic mass is 10.2. The second kappa shape index (κ2) is 4.55. The zero-order valence-electron chi connectivity index (χ0n) is 9.63. The maximum absolute atomic E-state index is 11.7. The van der Waals surface area contributed by atoms with Crippen molar-refractivity contribution < 1.29 is 18.3 Å². The number of amides is 1. The molecule has 0 aromatic heterocycles. The van der Waals surface area contributed by atoms with Crippen LogP contribution in [0.15, 0.2) is 23.1 Å². The summed E-state index contributed by atoms with van der Waals surface area (Å²) < 4.78 is 22.9. The summed E-state index contributed by atoms with van der Waals surface area (Å²) in [6.07, 6.45) is 1.42. The SMILES string of the molecule is CS(=O)(=O)c1ccc(O)c(N2CC(Br)CC2=O)c1. The van der Waals surface area contributed by atoms with Crippen molar-refractivity contribution in [2.24, 2.45) is 0 Å². The van der Waals surface area contributed by atoms with E-state index in [2.05, 4.69) is 15.9 Å². The van der Waals surface area contributed by atoms with Gasteiger partial charge in [0.2, 0.25) is 5.91 Å². The van der Waals surface area contributed by atoms with Gasteiger partial charge in [-0.1, -0.05) is 15.9 Å². The first-order valence-electron chi connectivity index (χ1n) is 5.26. The molecule has 1 aliphatic rings. The Labute approximate surface area is 113 Å². The number of hydrogen-bond donors (Lipinski definition) is 1. The van der Waals surface area contributed by atoms with E-state index in [1.165, 1.54) is 23.1 Å². The Hall–Kier alpha value is -1.08. The molecule has 1 unspecified atom stereocenters. The smallest absolute Gasteiger partial charge is 0.228 e. The third kappa shape index (κ3) is 2.51. The third-order valence-electron chi connectivity index (χ3n) is 2.74. The van der Waals surface area contributed by atoms with Gasteiger partial charge in [-0.05, 0) is 18.2 Å². The van der Waals surface area contributed by atoms with E-state index < -0.39 is 9.84 Å². The highest BCUT2D eigenvalue weighted by atomic mass is 79.9. The minimum absolute atomic E-state index is 0.0197. The molecule has 1 fully saturated rings. The van der Waals surface area contributed by atoms with Gasteiger partial charge in [-0.3, -0.25) is 4.79 Å². The van der Waals surface area contributed by atoms with E-state index in [1.54, 1.807) is 0 Å². The largest absolute Gasteiger partial charge is 0.506 e. The monoisotopic (exact) mass is 333 g/mol. The number of rotatable bonds is 2. The number of hydrogen-bond acceptors (Lipinski definition) is 4. The molecule has 1 N–H and O–H groups in total. The third-order valence-corrected chi connectivity index (χ3v) is 4.47. The summed E-state index contributed by atoms with van der Waals surface area (Å²) in [5, 5.41) is 9.76. The van der Waals surface area contributed by atoms with Gasteiger partial charge in [-0.25, -0.2) is 8.42 Å². The summed E-state index contributed by atoms with van der Waals surface area (Å²) in [5.74, 6) is -0.241. The molecule has 1 saturated heterocycles. The number of phenols is 1. The number of sulfone groups is 1. The molecule has 1 aromatic carbocycles. The Morgan fingerprint density at radius 1 is 1.44 bits per heavy atom. The van der Waals surface area contributed by atoms with Crippen molar-refractivity contribution in [2.45, 2.75) is 16.1 Å². The van der Waals surface area contributed by atoms with Crippen LogP contribution >= 0.6 is 15.9 Å². The second-order valence-corrected chi connectivity index (χ2v) is 7.54. The molecule has 18 heavy (non-hydrogen) atoms. The van der Waals surface area contributed by atoms with Crippen LogP contribution in [0, 0.1) is 0 Å². The summed E-state index contributed by atoms with van der Waals surface area (Å²) in [5.41, 5.74) is 0.241. The first-order valence-corrected chi connectivity index (χ1v) is 8.07. The minimum Gasteiger partial charge on any atom is -0.506 e. The van der Waals surface area contributed by atoms with Crippen LogP contribution in [0.3, 0.4) is 0 Å². The molecule has 0 radical (unpaired) electrons. The first kappa shape index (κ1) is 13.4. The van der Waals surface area contributed by atoms with Crippen LogP contribution < -0.4 is 4.90 Å². The summed E-state index contributed by atoms with van der Waals surface area (Å²) in [7, 11) is -3.36. The Kier molecular flexibility index (Phi) is 3.37. The Bertz CT molecular complexity index is 599. The van der Waals surface area contributed by atoms with Crippen molar-refractivity contribution in [3.63, 3.8) is 0 Å². The molecule has 1 amide bonds. The quantitative estimate of drug-likeness (QED) is 0.827. The van der Waals surface area contributed by atoms with Crippen molar-refractivity contribution in [3.8, 4) is 5.75 Å². The fourth-order valence-corrected chi connectivity index (χ4v) is 3.05. The van der Waals surface area contributed by atoms with Crippen LogP contribution in [0.1, 0.15) is 6.42 Å². The van der Waals surface area contributed by atoms with E-state index in [1.807, 2.05) is 0 Å². The Morgan fingerprint density at radius 3 is 2.61 bits per heavy atom. The summed E-state index contributed by atoms with van der Waals surface area (Å²) >= 11 is 3.34. The van der Waals surface area contributed by atoms with Gasteiger partial charge in [0, 0.05) is 24.0 Å². The van der Waals surface area contributed by atoms with Crippen LogP contribution in [0.5, 0.6) is 5.75 Å². The van der Waals surface area contributed by atoms with Gasteiger partial charge >= 0.3 is 0 Å². The van der Waals surface area contributed by atoms with E-state index in [-0.39, 0.29) is 27.1 Å². The van der Waals surface area contributed by atoms with Crippen molar-refractivity contribution >= 4 is 37.4 Å². The average Bonchev–Trinajstić information content (AvgIpc) is 2.56. The first-order chi connectivity index (χ1) is 8.29. The van der Waals surface area contributed by atoms with E-state index >= 15 is 0 Å². The number of phenolic OH excluding ortho intramolecular Hbond substituents is 1.